The first-order valence-electron chi connectivity index (χ1n) is 4.57. The van der Waals surface area contributed by atoms with Crippen LogP contribution in [0.1, 0.15) is 6.42 Å². The first kappa shape index (κ1) is 12.3. The van der Waals surface area contributed by atoms with E-state index in [0.29, 0.717) is 0 Å². The number of primary amides is 1. The fourth-order valence-electron chi connectivity index (χ4n) is 1.35. The van der Waals surface area contributed by atoms with Gasteiger partial charge < -0.3 is 30.5 Å². The molecule has 1 aliphatic rings. The highest BCUT2D eigenvalue weighted by Crippen LogP contribution is 2.20. The fraction of sp³-hybridized carbons (Fsp3) is 0.875. The molecule has 1 fully saturated rings. The summed E-state index contributed by atoms with van der Waals surface area (Å²) in [5, 5.41) is 27.6. The van der Waals surface area contributed by atoms with Crippen molar-refractivity contribution in [2.75, 3.05) is 13.2 Å². The van der Waals surface area contributed by atoms with Crippen molar-refractivity contribution in [3.05, 3.63) is 0 Å². The molecule has 4 atom stereocenters. The molecule has 0 saturated carbocycles. The van der Waals surface area contributed by atoms with Crippen molar-refractivity contribution >= 4 is 5.91 Å². The Labute approximate surface area is 86.4 Å². The number of hydrogen-bond acceptors (Lipinski definition) is 6. The summed E-state index contributed by atoms with van der Waals surface area (Å²) >= 11 is 0. The van der Waals surface area contributed by atoms with Crippen molar-refractivity contribution in [1.29, 1.82) is 0 Å². The number of carbonyl (C=O) groups excluding carboxylic acids is 1. The molecular weight excluding hydrogens is 206 g/mol. The van der Waals surface area contributed by atoms with Gasteiger partial charge in [0.15, 0.2) is 6.29 Å². The Bertz CT molecular complexity index is 223. The minimum atomic E-state index is -1.15. The quantitative estimate of drug-likeness (QED) is 0.410. The Hall–Kier alpha value is -0.730. The molecule has 1 aliphatic heterocycles. The van der Waals surface area contributed by atoms with Gasteiger partial charge in [-0.05, 0) is 0 Å². The normalized spacial score (nSPS) is 36.5. The van der Waals surface area contributed by atoms with Crippen molar-refractivity contribution in [3.63, 3.8) is 0 Å². The van der Waals surface area contributed by atoms with Crippen LogP contribution in [0, 0.1) is 0 Å². The Morgan fingerprint density at radius 1 is 1.53 bits per heavy atom. The van der Waals surface area contributed by atoms with E-state index in [1.807, 2.05) is 0 Å². The highest BCUT2D eigenvalue weighted by atomic mass is 16.7. The van der Waals surface area contributed by atoms with Gasteiger partial charge in [0.25, 0.3) is 0 Å². The van der Waals surface area contributed by atoms with Crippen molar-refractivity contribution in [1.82, 2.24) is 0 Å². The maximum absolute atomic E-state index is 10.4. The van der Waals surface area contributed by atoms with Crippen LogP contribution in [-0.2, 0) is 14.3 Å². The summed E-state index contributed by atoms with van der Waals surface area (Å²) in [6.45, 7) is -0.764. The van der Waals surface area contributed by atoms with Crippen molar-refractivity contribution in [2.24, 2.45) is 5.73 Å². The summed E-state index contributed by atoms with van der Waals surface area (Å²) in [7, 11) is 0. The Balaban J connectivity index is 2.44. The number of rotatable bonds is 4. The Morgan fingerprint density at radius 2 is 2.20 bits per heavy atom. The molecule has 2 unspecified atom stereocenters. The summed E-state index contributed by atoms with van der Waals surface area (Å²) in [5.74, 6) is -0.653. The number of nitrogens with two attached hydrogens (primary N) is 1. The van der Waals surface area contributed by atoms with E-state index in [2.05, 4.69) is 0 Å². The van der Waals surface area contributed by atoms with Crippen LogP contribution in [-0.4, -0.2) is 59.0 Å². The second-order valence-electron chi connectivity index (χ2n) is 3.36. The van der Waals surface area contributed by atoms with E-state index >= 15 is 0 Å². The summed E-state index contributed by atoms with van der Waals surface area (Å²) in [6.07, 6.45) is -3.91. The molecule has 0 spiro atoms. The molecule has 7 heteroatoms. The number of carbonyl (C=O) groups is 1. The van der Waals surface area contributed by atoms with E-state index in [1.54, 1.807) is 0 Å². The lowest BCUT2D eigenvalue weighted by Crippen LogP contribution is -2.50. The Kier molecular flexibility index (Phi) is 4.43. The average Bonchev–Trinajstić information content (AvgIpc) is 2.19. The Morgan fingerprint density at radius 3 is 2.73 bits per heavy atom. The zero-order valence-electron chi connectivity index (χ0n) is 8.07. The third-order valence-electron chi connectivity index (χ3n) is 2.13. The number of amides is 1. The minimum Gasteiger partial charge on any atom is -0.394 e. The molecule has 0 aromatic heterocycles. The lowest BCUT2D eigenvalue weighted by atomic mass is 10.0. The van der Waals surface area contributed by atoms with Crippen LogP contribution in [0.4, 0.5) is 0 Å². The molecule has 5 N–H and O–H groups in total. The predicted octanol–water partition coefficient (Wildman–Crippen LogP) is -2.68. The standard InChI is InChI=1S/C8H15NO6/c9-6(12)3-14-7-1-4(11)8(13)5(2-10)15-7/h4-5,7-8,10-11,13H,1-3H2,(H2,9,12)/t4-,5?,7-,8?/m1/s1. The lowest BCUT2D eigenvalue weighted by molar-refractivity contribution is -0.255. The molecular formula is C8H15NO6. The average molecular weight is 221 g/mol. The SMILES string of the molecule is NC(=O)CO[C@H]1C[C@@H](O)C(O)C(CO)O1. The number of hydrogen-bond donors (Lipinski definition) is 4. The van der Waals surface area contributed by atoms with Gasteiger partial charge in [-0.1, -0.05) is 0 Å². The van der Waals surface area contributed by atoms with Gasteiger partial charge in [-0.15, -0.1) is 0 Å². The van der Waals surface area contributed by atoms with Crippen molar-refractivity contribution in [3.8, 4) is 0 Å². The molecule has 0 aromatic carbocycles. The van der Waals surface area contributed by atoms with E-state index in [-0.39, 0.29) is 13.0 Å². The second-order valence-corrected chi connectivity index (χ2v) is 3.36. The van der Waals surface area contributed by atoms with E-state index in [1.165, 1.54) is 0 Å². The van der Waals surface area contributed by atoms with Crippen LogP contribution in [0.25, 0.3) is 0 Å². The van der Waals surface area contributed by atoms with Gasteiger partial charge in [0.1, 0.15) is 18.8 Å². The van der Waals surface area contributed by atoms with Gasteiger partial charge in [-0.25, -0.2) is 0 Å². The molecule has 15 heavy (non-hydrogen) atoms. The number of aliphatic hydroxyl groups excluding tert-OH is 3. The molecule has 1 rings (SSSR count). The summed E-state index contributed by atoms with van der Waals surface area (Å²) < 4.78 is 9.99. The van der Waals surface area contributed by atoms with Gasteiger partial charge in [0.05, 0.1) is 12.7 Å². The van der Waals surface area contributed by atoms with Crippen LogP contribution in [0.15, 0.2) is 0 Å². The topological polar surface area (TPSA) is 122 Å². The van der Waals surface area contributed by atoms with E-state index in [9.17, 15) is 15.0 Å². The molecule has 88 valence electrons. The molecule has 0 aromatic rings. The molecule has 0 radical (unpaired) electrons. The maximum Gasteiger partial charge on any atom is 0.243 e. The van der Waals surface area contributed by atoms with Crippen LogP contribution in [0.2, 0.25) is 0 Å². The van der Waals surface area contributed by atoms with Gasteiger partial charge >= 0.3 is 0 Å². The van der Waals surface area contributed by atoms with E-state index in [4.69, 9.17) is 20.3 Å². The smallest absolute Gasteiger partial charge is 0.243 e. The van der Waals surface area contributed by atoms with E-state index < -0.39 is 37.1 Å². The molecule has 1 saturated heterocycles. The van der Waals surface area contributed by atoms with Crippen LogP contribution in [0.3, 0.4) is 0 Å². The van der Waals surface area contributed by atoms with Gasteiger partial charge in [0.2, 0.25) is 5.91 Å². The van der Waals surface area contributed by atoms with Crippen molar-refractivity contribution in [2.45, 2.75) is 31.0 Å². The zero-order valence-corrected chi connectivity index (χ0v) is 8.07. The fourth-order valence-corrected chi connectivity index (χ4v) is 1.35. The second kappa shape index (κ2) is 5.38. The molecule has 0 bridgehead atoms. The summed E-state index contributed by atoms with van der Waals surface area (Å²) in [4.78, 5) is 10.4. The predicted molar refractivity (Wildman–Crippen MR) is 47.5 cm³/mol. The van der Waals surface area contributed by atoms with Gasteiger partial charge in [-0.2, -0.15) is 0 Å². The molecule has 7 nitrogen and oxygen atoms in total. The van der Waals surface area contributed by atoms with E-state index in [0.717, 1.165) is 0 Å². The third kappa shape index (κ3) is 3.40. The highest BCUT2D eigenvalue weighted by Gasteiger charge is 2.36. The van der Waals surface area contributed by atoms with Gasteiger partial charge in [-0.3, -0.25) is 4.79 Å². The third-order valence-corrected chi connectivity index (χ3v) is 2.13. The van der Waals surface area contributed by atoms with Crippen LogP contribution < -0.4 is 5.73 Å². The molecule has 1 amide bonds. The number of aliphatic hydroxyl groups is 3. The maximum atomic E-state index is 10.4. The summed E-state index contributed by atoms with van der Waals surface area (Å²) in [5.41, 5.74) is 4.86. The largest absolute Gasteiger partial charge is 0.394 e. The molecule has 0 aliphatic carbocycles. The first-order valence-corrected chi connectivity index (χ1v) is 4.57. The van der Waals surface area contributed by atoms with Crippen LogP contribution in [0.5, 0.6) is 0 Å². The number of ether oxygens (including phenoxy) is 2. The lowest BCUT2D eigenvalue weighted by Gasteiger charge is -2.35. The first-order chi connectivity index (χ1) is 7.04. The zero-order chi connectivity index (χ0) is 11.4. The van der Waals surface area contributed by atoms with Gasteiger partial charge in [0, 0.05) is 6.42 Å². The molecule has 1 heterocycles. The summed E-state index contributed by atoms with van der Waals surface area (Å²) in [6, 6.07) is 0. The highest BCUT2D eigenvalue weighted by molar-refractivity contribution is 5.74. The minimum absolute atomic E-state index is 0.0327. The monoisotopic (exact) mass is 221 g/mol. The van der Waals surface area contributed by atoms with Crippen molar-refractivity contribution < 1.29 is 29.6 Å². The van der Waals surface area contributed by atoms with Crippen LogP contribution >= 0.6 is 0 Å².